The molecule has 2 nitrogen and oxygen atoms in total. The molecule has 114 valence electrons. The van der Waals surface area contributed by atoms with Crippen LogP contribution in [0.4, 0.5) is 0 Å². The molecule has 0 bridgehead atoms. The highest BCUT2D eigenvalue weighted by molar-refractivity contribution is 7.08. The molecule has 0 aliphatic heterocycles. The number of rotatable bonds is 9. The van der Waals surface area contributed by atoms with E-state index >= 15 is 0 Å². The molecule has 1 aromatic carbocycles. The van der Waals surface area contributed by atoms with E-state index in [1.807, 2.05) is 0 Å². The Hall–Kier alpha value is -1.32. The average molecular weight is 303 g/mol. The van der Waals surface area contributed by atoms with E-state index < -0.39 is 0 Å². The maximum atomic E-state index is 5.72. The van der Waals surface area contributed by atoms with Crippen LogP contribution in [0, 0.1) is 6.92 Å². The van der Waals surface area contributed by atoms with Crippen LogP contribution in [0.15, 0.2) is 35.0 Å². The second-order valence-electron chi connectivity index (χ2n) is 5.38. The van der Waals surface area contributed by atoms with E-state index in [1.54, 1.807) is 11.3 Å². The van der Waals surface area contributed by atoms with Crippen molar-refractivity contribution in [1.29, 1.82) is 0 Å². The van der Waals surface area contributed by atoms with Crippen LogP contribution in [0.25, 0.3) is 0 Å². The van der Waals surface area contributed by atoms with Crippen LogP contribution in [0.5, 0.6) is 5.75 Å². The lowest BCUT2D eigenvalue weighted by atomic mass is 10.2. The molecule has 0 amide bonds. The van der Waals surface area contributed by atoms with E-state index in [-0.39, 0.29) is 0 Å². The Kier molecular flexibility index (Phi) is 6.77. The molecule has 0 radical (unpaired) electrons. The molecule has 0 aliphatic rings. The Morgan fingerprint density at radius 3 is 2.52 bits per heavy atom. The Bertz CT molecular complexity index is 518. The van der Waals surface area contributed by atoms with Crippen LogP contribution in [-0.2, 0) is 13.1 Å². The van der Waals surface area contributed by atoms with Crippen molar-refractivity contribution in [2.24, 2.45) is 0 Å². The summed E-state index contributed by atoms with van der Waals surface area (Å²) < 4.78 is 5.72. The molecule has 1 aromatic heterocycles. The van der Waals surface area contributed by atoms with Crippen LogP contribution in [0.3, 0.4) is 0 Å². The second kappa shape index (κ2) is 8.85. The van der Waals surface area contributed by atoms with Gasteiger partial charge in [-0.25, -0.2) is 0 Å². The molecule has 0 atom stereocenters. The minimum absolute atomic E-state index is 0.822. The van der Waals surface area contributed by atoms with E-state index in [9.17, 15) is 0 Å². The zero-order valence-corrected chi connectivity index (χ0v) is 13.8. The van der Waals surface area contributed by atoms with Gasteiger partial charge >= 0.3 is 0 Å². The van der Waals surface area contributed by atoms with Gasteiger partial charge in [-0.3, -0.25) is 0 Å². The summed E-state index contributed by atoms with van der Waals surface area (Å²) in [5.74, 6) is 0.975. The highest BCUT2D eigenvalue weighted by atomic mass is 32.1. The normalized spacial score (nSPS) is 10.8. The summed E-state index contributed by atoms with van der Waals surface area (Å²) in [5, 5.41) is 7.90. The fourth-order valence-electron chi connectivity index (χ4n) is 2.16. The fourth-order valence-corrected chi connectivity index (χ4v) is 3.01. The molecule has 21 heavy (non-hydrogen) atoms. The first kappa shape index (κ1) is 16.1. The van der Waals surface area contributed by atoms with E-state index in [1.165, 1.54) is 29.5 Å². The van der Waals surface area contributed by atoms with Gasteiger partial charge in [-0.15, -0.1) is 0 Å². The van der Waals surface area contributed by atoms with Crippen molar-refractivity contribution in [3.8, 4) is 5.75 Å². The molecule has 0 saturated carbocycles. The Morgan fingerprint density at radius 1 is 1.05 bits per heavy atom. The van der Waals surface area contributed by atoms with Gasteiger partial charge in [-0.2, -0.15) is 11.3 Å². The number of aryl methyl sites for hydroxylation is 1. The molecular weight excluding hydrogens is 278 g/mol. The SMILES string of the molecule is CCCCCOc1ccc(CNCc2cscc2C)cc1. The predicted octanol–water partition coefficient (Wildman–Crippen LogP) is 4.92. The molecule has 1 heterocycles. The molecule has 0 aliphatic carbocycles. The van der Waals surface area contributed by atoms with Crippen molar-refractivity contribution in [2.75, 3.05) is 6.61 Å². The molecular formula is C18H25NOS. The molecule has 0 spiro atoms. The van der Waals surface area contributed by atoms with Gasteiger partial charge in [0, 0.05) is 13.1 Å². The van der Waals surface area contributed by atoms with Crippen molar-refractivity contribution in [3.63, 3.8) is 0 Å². The van der Waals surface area contributed by atoms with Crippen molar-refractivity contribution >= 4 is 11.3 Å². The maximum absolute atomic E-state index is 5.72. The summed E-state index contributed by atoms with van der Waals surface area (Å²) >= 11 is 1.77. The summed E-state index contributed by atoms with van der Waals surface area (Å²) in [4.78, 5) is 0. The van der Waals surface area contributed by atoms with Crippen LogP contribution in [-0.4, -0.2) is 6.61 Å². The lowest BCUT2D eigenvalue weighted by molar-refractivity contribution is 0.306. The average Bonchev–Trinajstić information content (AvgIpc) is 2.91. The number of unbranched alkanes of at least 4 members (excludes halogenated alkanes) is 2. The third-order valence-electron chi connectivity index (χ3n) is 3.55. The quantitative estimate of drug-likeness (QED) is 0.664. The Balaban J connectivity index is 1.71. The second-order valence-corrected chi connectivity index (χ2v) is 6.13. The van der Waals surface area contributed by atoms with Gasteiger partial charge in [0.05, 0.1) is 6.61 Å². The van der Waals surface area contributed by atoms with Gasteiger partial charge in [0.2, 0.25) is 0 Å². The number of thiophene rings is 1. The van der Waals surface area contributed by atoms with Crippen LogP contribution in [0.1, 0.15) is 42.9 Å². The smallest absolute Gasteiger partial charge is 0.119 e. The van der Waals surface area contributed by atoms with E-state index in [4.69, 9.17) is 4.74 Å². The first-order chi connectivity index (χ1) is 10.3. The predicted molar refractivity (Wildman–Crippen MR) is 91.1 cm³/mol. The summed E-state index contributed by atoms with van der Waals surface area (Å²) in [5.41, 5.74) is 4.07. The molecule has 2 rings (SSSR count). The van der Waals surface area contributed by atoms with Crippen LogP contribution < -0.4 is 10.1 Å². The molecule has 0 saturated heterocycles. The zero-order chi connectivity index (χ0) is 14.9. The van der Waals surface area contributed by atoms with Crippen molar-refractivity contribution < 1.29 is 4.74 Å². The highest BCUT2D eigenvalue weighted by Crippen LogP contribution is 2.15. The van der Waals surface area contributed by atoms with E-state index in [0.717, 1.165) is 31.9 Å². The lowest BCUT2D eigenvalue weighted by Gasteiger charge is -2.08. The Morgan fingerprint density at radius 2 is 1.86 bits per heavy atom. The first-order valence-electron chi connectivity index (χ1n) is 7.73. The lowest BCUT2D eigenvalue weighted by Crippen LogP contribution is -2.12. The number of nitrogens with one attached hydrogen (secondary N) is 1. The van der Waals surface area contributed by atoms with Gasteiger partial charge in [-0.1, -0.05) is 31.9 Å². The third-order valence-corrected chi connectivity index (χ3v) is 4.46. The molecule has 1 N–H and O–H groups in total. The zero-order valence-electron chi connectivity index (χ0n) is 13.0. The van der Waals surface area contributed by atoms with Gasteiger partial charge < -0.3 is 10.1 Å². The molecule has 0 fully saturated rings. The standard InChI is InChI=1S/C18H25NOS/c1-3-4-5-10-20-18-8-6-16(7-9-18)11-19-12-17-14-21-13-15(17)2/h6-9,13-14,19H,3-5,10-12H2,1-2H3. The summed E-state index contributed by atoms with van der Waals surface area (Å²) in [6.45, 7) is 7.02. The summed E-state index contributed by atoms with van der Waals surface area (Å²) in [7, 11) is 0. The summed E-state index contributed by atoms with van der Waals surface area (Å²) in [6.07, 6.45) is 3.61. The molecule has 0 unspecified atom stereocenters. The van der Waals surface area contributed by atoms with Crippen molar-refractivity contribution in [2.45, 2.75) is 46.2 Å². The number of hydrogen-bond acceptors (Lipinski definition) is 3. The van der Waals surface area contributed by atoms with Crippen molar-refractivity contribution in [1.82, 2.24) is 5.32 Å². The van der Waals surface area contributed by atoms with Gasteiger partial charge in [0.25, 0.3) is 0 Å². The van der Waals surface area contributed by atoms with Crippen LogP contribution in [0.2, 0.25) is 0 Å². The molecule has 2 aromatic rings. The topological polar surface area (TPSA) is 21.3 Å². The third kappa shape index (κ3) is 5.52. The number of ether oxygens (including phenoxy) is 1. The van der Waals surface area contributed by atoms with E-state index in [2.05, 4.69) is 54.2 Å². The number of hydrogen-bond donors (Lipinski definition) is 1. The van der Waals surface area contributed by atoms with E-state index in [0.29, 0.717) is 0 Å². The van der Waals surface area contributed by atoms with Crippen LogP contribution >= 0.6 is 11.3 Å². The fraction of sp³-hybridized carbons (Fsp3) is 0.444. The largest absolute Gasteiger partial charge is 0.494 e. The first-order valence-corrected chi connectivity index (χ1v) is 8.68. The minimum Gasteiger partial charge on any atom is -0.494 e. The van der Waals surface area contributed by atoms with Gasteiger partial charge in [-0.05, 0) is 52.9 Å². The van der Waals surface area contributed by atoms with Gasteiger partial charge in [0.1, 0.15) is 5.75 Å². The summed E-state index contributed by atoms with van der Waals surface area (Å²) in [6, 6.07) is 8.42. The highest BCUT2D eigenvalue weighted by Gasteiger charge is 1.99. The van der Waals surface area contributed by atoms with Crippen molar-refractivity contribution in [3.05, 3.63) is 51.7 Å². The Labute approximate surface area is 132 Å². The number of benzene rings is 1. The monoisotopic (exact) mass is 303 g/mol. The van der Waals surface area contributed by atoms with Gasteiger partial charge in [0.15, 0.2) is 0 Å². The maximum Gasteiger partial charge on any atom is 0.119 e. The minimum atomic E-state index is 0.822. The molecule has 3 heteroatoms.